The van der Waals surface area contributed by atoms with Crippen LogP contribution in [0.3, 0.4) is 0 Å². The van der Waals surface area contributed by atoms with Crippen LogP contribution in [0.5, 0.6) is 0 Å². The van der Waals surface area contributed by atoms with Gasteiger partial charge in [0, 0.05) is 41.2 Å². The number of anilines is 4. The van der Waals surface area contributed by atoms with E-state index in [9.17, 15) is 19.5 Å². The summed E-state index contributed by atoms with van der Waals surface area (Å²) in [6, 6.07) is 29.0. The molecule has 0 unspecified atom stereocenters. The van der Waals surface area contributed by atoms with E-state index in [2.05, 4.69) is 0 Å². The number of hydrogen-bond acceptors (Lipinski definition) is 4. The van der Waals surface area contributed by atoms with Gasteiger partial charge in [0.1, 0.15) is 0 Å². The average molecular weight is 519 g/mol. The molecule has 0 bridgehead atoms. The second-order valence-electron chi connectivity index (χ2n) is 9.98. The Morgan fingerprint density at radius 1 is 0.692 bits per heavy atom. The number of carboxylic acids is 1. The van der Waals surface area contributed by atoms with E-state index in [-0.39, 0.29) is 28.7 Å². The van der Waals surface area contributed by atoms with Crippen molar-refractivity contribution in [3.63, 3.8) is 0 Å². The highest BCUT2D eigenvalue weighted by Gasteiger charge is 2.32. The second-order valence-corrected chi connectivity index (χ2v) is 9.98. The summed E-state index contributed by atoms with van der Waals surface area (Å²) < 4.78 is 0. The van der Waals surface area contributed by atoms with E-state index in [0.717, 1.165) is 30.6 Å². The first kappa shape index (κ1) is 25.9. The van der Waals surface area contributed by atoms with Crippen molar-refractivity contribution in [1.29, 1.82) is 0 Å². The van der Waals surface area contributed by atoms with Crippen molar-refractivity contribution < 1.29 is 19.5 Å². The molecule has 1 aliphatic rings. The third-order valence-electron chi connectivity index (χ3n) is 7.31. The molecule has 0 aromatic heterocycles. The summed E-state index contributed by atoms with van der Waals surface area (Å²) in [4.78, 5) is 42.7. The lowest BCUT2D eigenvalue weighted by Gasteiger charge is -2.32. The van der Waals surface area contributed by atoms with Gasteiger partial charge >= 0.3 is 5.97 Å². The molecule has 1 amide bonds. The number of amides is 1. The molecule has 0 saturated heterocycles. The van der Waals surface area contributed by atoms with Crippen LogP contribution in [0.4, 0.5) is 22.7 Å². The topological polar surface area (TPSA) is 77.9 Å². The Balaban J connectivity index is 1.49. The Morgan fingerprint density at radius 3 is 1.85 bits per heavy atom. The number of hydrogen-bond donors (Lipinski definition) is 1. The number of carbonyl (C=O) groups is 3. The zero-order chi connectivity index (χ0) is 27.5. The molecule has 1 fully saturated rings. The van der Waals surface area contributed by atoms with Crippen molar-refractivity contribution >= 4 is 40.4 Å². The number of benzene rings is 4. The smallest absolute Gasteiger partial charge is 0.335 e. The summed E-state index contributed by atoms with van der Waals surface area (Å²) in [5.41, 5.74) is 4.72. The quantitative estimate of drug-likeness (QED) is 0.251. The lowest BCUT2D eigenvalue weighted by molar-refractivity contribution is -0.123. The minimum absolute atomic E-state index is 0.0473. The Labute approximate surface area is 228 Å². The predicted octanol–water partition coefficient (Wildman–Crippen LogP) is 7.16. The van der Waals surface area contributed by atoms with E-state index in [4.69, 9.17) is 0 Å². The van der Waals surface area contributed by atoms with Gasteiger partial charge in [0.15, 0.2) is 5.78 Å². The van der Waals surface area contributed by atoms with Crippen molar-refractivity contribution in [2.45, 2.75) is 26.2 Å². The molecule has 1 aliphatic carbocycles. The first-order valence-corrected chi connectivity index (χ1v) is 13.0. The normalized spacial score (nSPS) is 12.9. The molecule has 6 heteroatoms. The fourth-order valence-electron chi connectivity index (χ4n) is 4.73. The number of carboxylic acid groups (broad SMARTS) is 1. The number of aromatic carboxylic acids is 1. The minimum Gasteiger partial charge on any atom is -0.478 e. The zero-order valence-electron chi connectivity index (χ0n) is 22.0. The van der Waals surface area contributed by atoms with E-state index in [1.54, 1.807) is 23.1 Å². The van der Waals surface area contributed by atoms with Gasteiger partial charge in [-0.1, -0.05) is 42.3 Å². The lowest BCUT2D eigenvalue weighted by atomic mass is 9.84. The van der Waals surface area contributed by atoms with Crippen LogP contribution < -0.4 is 9.80 Å². The first-order valence-electron chi connectivity index (χ1n) is 13.0. The Kier molecular flexibility index (Phi) is 7.28. The van der Waals surface area contributed by atoms with Crippen LogP contribution in [-0.4, -0.2) is 29.8 Å². The van der Waals surface area contributed by atoms with Crippen molar-refractivity contribution in [3.8, 4) is 0 Å². The highest BCUT2D eigenvalue weighted by molar-refractivity contribution is 6.12. The first-order chi connectivity index (χ1) is 18.8. The summed E-state index contributed by atoms with van der Waals surface area (Å²) in [6.07, 6.45) is 2.60. The molecule has 5 rings (SSSR count). The zero-order valence-corrected chi connectivity index (χ0v) is 22.0. The van der Waals surface area contributed by atoms with Crippen molar-refractivity contribution in [2.24, 2.45) is 5.92 Å². The van der Waals surface area contributed by atoms with Gasteiger partial charge < -0.3 is 10.0 Å². The largest absolute Gasteiger partial charge is 0.478 e. The van der Waals surface area contributed by atoms with Crippen LogP contribution >= 0.6 is 0 Å². The summed E-state index contributed by atoms with van der Waals surface area (Å²) in [7, 11) is 1.96. The van der Waals surface area contributed by atoms with Crippen LogP contribution in [0.25, 0.3) is 0 Å². The number of carbonyl (C=O) groups excluding carboxylic acids is 2. The van der Waals surface area contributed by atoms with E-state index >= 15 is 0 Å². The van der Waals surface area contributed by atoms with E-state index in [0.29, 0.717) is 16.9 Å². The summed E-state index contributed by atoms with van der Waals surface area (Å²) in [5, 5.41) is 9.85. The van der Waals surface area contributed by atoms with Crippen LogP contribution in [0.15, 0.2) is 97.1 Å². The van der Waals surface area contributed by atoms with Gasteiger partial charge in [-0.3, -0.25) is 14.5 Å². The monoisotopic (exact) mass is 518 g/mol. The molecule has 196 valence electrons. The summed E-state index contributed by atoms with van der Waals surface area (Å²) >= 11 is 0. The van der Waals surface area contributed by atoms with E-state index in [1.165, 1.54) is 17.7 Å². The van der Waals surface area contributed by atoms with Crippen LogP contribution in [0.1, 0.15) is 51.1 Å². The number of rotatable bonds is 8. The van der Waals surface area contributed by atoms with Gasteiger partial charge in [-0.2, -0.15) is 0 Å². The van der Waals surface area contributed by atoms with Crippen molar-refractivity contribution in [3.05, 3.63) is 119 Å². The van der Waals surface area contributed by atoms with Gasteiger partial charge in [-0.25, -0.2) is 4.79 Å². The highest BCUT2D eigenvalue weighted by atomic mass is 16.4. The van der Waals surface area contributed by atoms with Gasteiger partial charge in [0.2, 0.25) is 5.91 Å². The van der Waals surface area contributed by atoms with Gasteiger partial charge in [0.25, 0.3) is 0 Å². The molecule has 0 aliphatic heterocycles. The average Bonchev–Trinajstić information content (AvgIpc) is 2.92. The molecule has 1 N–H and O–H groups in total. The Bertz CT molecular complexity index is 1510. The molecule has 0 radical (unpaired) electrons. The molecule has 0 heterocycles. The maximum absolute atomic E-state index is 13.6. The Hall–Kier alpha value is -4.71. The second kappa shape index (κ2) is 11.0. The highest BCUT2D eigenvalue weighted by Crippen LogP contribution is 2.35. The summed E-state index contributed by atoms with van der Waals surface area (Å²) in [5.74, 6) is -1.68. The standard InChI is InChI=1S/C33H30N2O4/c1-22-11-15-27(16-12-22)34(2)28-17-13-23(14-18-28)31(36)25-19-26(33(38)39)21-30(20-25)35(29-9-4-3-5-10-29)32(37)24-7-6-8-24/h3-5,9-21,24H,6-8H2,1-2H3,(H,38,39). The van der Waals surface area contributed by atoms with E-state index in [1.807, 2.05) is 85.6 Å². The minimum atomic E-state index is -1.16. The molecule has 1 saturated carbocycles. The number of ketones is 1. The SMILES string of the molecule is Cc1ccc(N(C)c2ccc(C(=O)c3cc(C(=O)O)cc(N(C(=O)C4CCC4)c4ccccc4)c3)cc2)cc1. The molecular formula is C33H30N2O4. The van der Waals surface area contributed by atoms with Crippen molar-refractivity contribution in [2.75, 3.05) is 16.8 Å². The van der Waals surface area contributed by atoms with Gasteiger partial charge in [-0.05, 0) is 86.5 Å². The summed E-state index contributed by atoms with van der Waals surface area (Å²) in [6.45, 7) is 2.04. The third kappa shape index (κ3) is 5.46. The number of para-hydroxylation sites is 1. The fraction of sp³-hybridized carbons (Fsp3) is 0.182. The molecule has 0 atom stereocenters. The van der Waals surface area contributed by atoms with Crippen LogP contribution in [0.2, 0.25) is 0 Å². The molecule has 39 heavy (non-hydrogen) atoms. The third-order valence-corrected chi connectivity index (χ3v) is 7.31. The molecule has 0 spiro atoms. The van der Waals surface area contributed by atoms with Crippen LogP contribution in [0, 0.1) is 12.8 Å². The molecule has 4 aromatic carbocycles. The van der Waals surface area contributed by atoms with Gasteiger partial charge in [-0.15, -0.1) is 0 Å². The number of nitrogens with zero attached hydrogens (tertiary/aromatic N) is 2. The molecule has 4 aromatic rings. The van der Waals surface area contributed by atoms with Crippen LogP contribution in [-0.2, 0) is 4.79 Å². The maximum atomic E-state index is 13.6. The molecule has 6 nitrogen and oxygen atoms in total. The predicted molar refractivity (Wildman–Crippen MR) is 153 cm³/mol. The van der Waals surface area contributed by atoms with E-state index < -0.39 is 5.97 Å². The van der Waals surface area contributed by atoms with Crippen molar-refractivity contribution in [1.82, 2.24) is 0 Å². The Morgan fingerprint density at radius 2 is 1.28 bits per heavy atom. The lowest BCUT2D eigenvalue weighted by Crippen LogP contribution is -2.36. The van der Waals surface area contributed by atoms with Gasteiger partial charge in [0.05, 0.1) is 11.3 Å². The molecular weight excluding hydrogens is 488 g/mol. The fourth-order valence-corrected chi connectivity index (χ4v) is 4.73. The maximum Gasteiger partial charge on any atom is 0.335 e. The number of aryl methyl sites for hydroxylation is 1.